The van der Waals surface area contributed by atoms with Gasteiger partial charge in [-0.1, -0.05) is 0 Å². The van der Waals surface area contributed by atoms with Crippen LogP contribution in [0.15, 0.2) is 18.2 Å². The molecule has 1 aromatic rings. The SMILES string of the molecule is COc1ccc(F)cc1NC(=O)NC1CC(N(CC(=O)O)CC2CC2)C1. The van der Waals surface area contributed by atoms with Crippen molar-refractivity contribution < 1.29 is 23.8 Å². The number of anilines is 1. The Morgan fingerprint density at radius 1 is 1.35 bits per heavy atom. The number of carboxylic acids is 1. The van der Waals surface area contributed by atoms with Crippen LogP contribution in [-0.2, 0) is 4.79 Å². The molecule has 2 fully saturated rings. The largest absolute Gasteiger partial charge is 0.495 e. The summed E-state index contributed by atoms with van der Waals surface area (Å²) in [5.41, 5.74) is 0.266. The number of ether oxygens (including phenoxy) is 1. The van der Waals surface area contributed by atoms with Crippen LogP contribution in [0.3, 0.4) is 0 Å². The van der Waals surface area contributed by atoms with Crippen LogP contribution < -0.4 is 15.4 Å². The van der Waals surface area contributed by atoms with Gasteiger partial charge in [-0.3, -0.25) is 9.69 Å². The summed E-state index contributed by atoms with van der Waals surface area (Å²) < 4.78 is 18.5. The number of carbonyl (C=O) groups is 2. The molecule has 2 aliphatic carbocycles. The lowest BCUT2D eigenvalue weighted by Gasteiger charge is -2.42. The maximum absolute atomic E-state index is 13.3. The van der Waals surface area contributed by atoms with Crippen molar-refractivity contribution in [3.05, 3.63) is 24.0 Å². The van der Waals surface area contributed by atoms with E-state index in [0.29, 0.717) is 24.5 Å². The average molecular weight is 365 g/mol. The first kappa shape index (κ1) is 18.4. The number of amides is 2. The second-order valence-corrected chi connectivity index (χ2v) is 7.03. The number of methoxy groups -OCH3 is 1. The number of aliphatic carboxylic acids is 1. The highest BCUT2D eigenvalue weighted by Gasteiger charge is 2.37. The lowest BCUT2D eigenvalue weighted by Crippen LogP contribution is -2.55. The summed E-state index contributed by atoms with van der Waals surface area (Å²) in [5, 5.41) is 14.5. The fourth-order valence-corrected chi connectivity index (χ4v) is 3.27. The normalized spacial score (nSPS) is 21.8. The molecular weight excluding hydrogens is 341 g/mol. The lowest BCUT2D eigenvalue weighted by molar-refractivity contribution is -0.139. The third kappa shape index (κ3) is 4.85. The van der Waals surface area contributed by atoms with E-state index in [1.54, 1.807) is 0 Å². The Kier molecular flexibility index (Phi) is 5.61. The Morgan fingerprint density at radius 2 is 2.08 bits per heavy atom. The van der Waals surface area contributed by atoms with E-state index in [9.17, 15) is 14.0 Å². The summed E-state index contributed by atoms with van der Waals surface area (Å²) in [5.74, 6) is -0.289. The minimum atomic E-state index is -0.821. The monoisotopic (exact) mass is 365 g/mol. The molecule has 2 amide bonds. The number of carbonyl (C=O) groups excluding carboxylic acids is 1. The molecule has 0 radical (unpaired) electrons. The van der Waals surface area contributed by atoms with Gasteiger partial charge in [0.1, 0.15) is 11.6 Å². The summed E-state index contributed by atoms with van der Waals surface area (Å²) in [6.45, 7) is 0.858. The number of hydrogen-bond acceptors (Lipinski definition) is 4. The van der Waals surface area contributed by atoms with Gasteiger partial charge in [-0.05, 0) is 43.7 Å². The van der Waals surface area contributed by atoms with Gasteiger partial charge in [0.25, 0.3) is 0 Å². The van der Waals surface area contributed by atoms with Gasteiger partial charge in [-0.15, -0.1) is 0 Å². The summed E-state index contributed by atoms with van der Waals surface area (Å²) in [6.07, 6.45) is 3.77. The Labute approximate surface area is 151 Å². The first-order valence-electron chi connectivity index (χ1n) is 8.81. The van der Waals surface area contributed by atoms with Crippen LogP contribution in [0.5, 0.6) is 5.75 Å². The second kappa shape index (κ2) is 7.90. The van der Waals surface area contributed by atoms with E-state index in [2.05, 4.69) is 10.6 Å². The smallest absolute Gasteiger partial charge is 0.319 e. The van der Waals surface area contributed by atoms with E-state index < -0.39 is 17.8 Å². The van der Waals surface area contributed by atoms with Crippen molar-refractivity contribution >= 4 is 17.7 Å². The van der Waals surface area contributed by atoms with E-state index in [1.807, 2.05) is 4.90 Å². The first-order valence-corrected chi connectivity index (χ1v) is 8.81. The van der Waals surface area contributed by atoms with Crippen LogP contribution in [-0.4, -0.2) is 54.3 Å². The van der Waals surface area contributed by atoms with E-state index in [-0.39, 0.29) is 24.3 Å². The molecule has 0 atom stereocenters. The molecule has 8 heteroatoms. The van der Waals surface area contributed by atoms with Gasteiger partial charge < -0.3 is 20.5 Å². The topological polar surface area (TPSA) is 90.9 Å². The highest BCUT2D eigenvalue weighted by Crippen LogP contribution is 2.34. The summed E-state index contributed by atoms with van der Waals surface area (Å²) in [4.78, 5) is 25.2. The van der Waals surface area contributed by atoms with Crippen molar-refractivity contribution in [1.29, 1.82) is 0 Å². The predicted molar refractivity (Wildman–Crippen MR) is 93.8 cm³/mol. The molecule has 0 spiro atoms. The number of benzene rings is 1. The molecule has 26 heavy (non-hydrogen) atoms. The standard InChI is InChI=1S/C18H24FN3O4/c1-26-16-5-4-12(19)6-15(16)21-18(25)20-13-7-14(8-13)22(10-17(23)24)9-11-2-3-11/h4-6,11,13-14H,2-3,7-10H2,1H3,(H,23,24)(H2,20,21,25). The van der Waals surface area contributed by atoms with E-state index in [4.69, 9.17) is 9.84 Å². The summed E-state index contributed by atoms with van der Waals surface area (Å²) in [7, 11) is 1.45. The predicted octanol–water partition coefficient (Wildman–Crippen LogP) is 2.28. The molecule has 0 heterocycles. The minimum Gasteiger partial charge on any atom is -0.495 e. The van der Waals surface area contributed by atoms with E-state index in [0.717, 1.165) is 6.54 Å². The molecule has 142 valence electrons. The van der Waals surface area contributed by atoms with Gasteiger partial charge >= 0.3 is 12.0 Å². The number of nitrogens with one attached hydrogen (secondary N) is 2. The second-order valence-electron chi connectivity index (χ2n) is 7.03. The van der Waals surface area contributed by atoms with Crippen LogP contribution >= 0.6 is 0 Å². The molecule has 1 aromatic carbocycles. The fraction of sp³-hybridized carbons (Fsp3) is 0.556. The molecule has 0 bridgehead atoms. The number of hydrogen-bond donors (Lipinski definition) is 3. The molecule has 2 saturated carbocycles. The van der Waals surface area contributed by atoms with Crippen LogP contribution in [0.25, 0.3) is 0 Å². The Bertz CT molecular complexity index is 674. The highest BCUT2D eigenvalue weighted by molar-refractivity contribution is 5.91. The number of rotatable bonds is 8. The number of nitrogens with zero attached hydrogens (tertiary/aromatic N) is 1. The van der Waals surface area contributed by atoms with Crippen LogP contribution in [0.1, 0.15) is 25.7 Å². The molecule has 3 N–H and O–H groups in total. The third-order valence-electron chi connectivity index (χ3n) is 4.90. The minimum absolute atomic E-state index is 0.0185. The van der Waals surface area contributed by atoms with Crippen molar-refractivity contribution in [2.24, 2.45) is 5.92 Å². The number of halogens is 1. The van der Waals surface area contributed by atoms with Crippen molar-refractivity contribution in [1.82, 2.24) is 10.2 Å². The highest BCUT2D eigenvalue weighted by atomic mass is 19.1. The zero-order valence-electron chi connectivity index (χ0n) is 14.7. The maximum Gasteiger partial charge on any atom is 0.319 e. The molecule has 0 aliphatic heterocycles. The quantitative estimate of drug-likeness (QED) is 0.657. The zero-order chi connectivity index (χ0) is 18.7. The average Bonchev–Trinajstić information content (AvgIpc) is 3.33. The maximum atomic E-state index is 13.3. The van der Waals surface area contributed by atoms with Gasteiger partial charge in [0.05, 0.1) is 19.3 Å². The van der Waals surface area contributed by atoms with Crippen LogP contribution in [0, 0.1) is 11.7 Å². The molecule has 0 saturated heterocycles. The Hall–Kier alpha value is -2.35. The summed E-state index contributed by atoms with van der Waals surface area (Å²) in [6, 6.07) is 3.65. The molecule has 7 nitrogen and oxygen atoms in total. The summed E-state index contributed by atoms with van der Waals surface area (Å²) >= 11 is 0. The van der Waals surface area contributed by atoms with Crippen LogP contribution in [0.2, 0.25) is 0 Å². The molecule has 2 aliphatic rings. The van der Waals surface area contributed by atoms with Gasteiger partial charge in [0, 0.05) is 24.7 Å². The molecule has 3 rings (SSSR count). The van der Waals surface area contributed by atoms with Gasteiger partial charge in [0.2, 0.25) is 0 Å². The van der Waals surface area contributed by atoms with E-state index in [1.165, 1.54) is 38.2 Å². The van der Waals surface area contributed by atoms with E-state index >= 15 is 0 Å². The Balaban J connectivity index is 1.48. The van der Waals surface area contributed by atoms with Gasteiger partial charge in [0.15, 0.2) is 0 Å². The lowest BCUT2D eigenvalue weighted by atomic mass is 9.85. The first-order chi connectivity index (χ1) is 12.4. The number of urea groups is 1. The number of carboxylic acid groups (broad SMARTS) is 1. The molecule has 0 aromatic heterocycles. The zero-order valence-corrected chi connectivity index (χ0v) is 14.7. The fourth-order valence-electron chi connectivity index (χ4n) is 3.27. The molecule has 0 unspecified atom stereocenters. The Morgan fingerprint density at radius 3 is 2.69 bits per heavy atom. The van der Waals surface area contributed by atoms with Crippen molar-refractivity contribution in [3.63, 3.8) is 0 Å². The van der Waals surface area contributed by atoms with Gasteiger partial charge in [-0.25, -0.2) is 9.18 Å². The molecular formula is C18H24FN3O4. The van der Waals surface area contributed by atoms with Gasteiger partial charge in [-0.2, -0.15) is 0 Å². The van der Waals surface area contributed by atoms with Crippen molar-refractivity contribution in [3.8, 4) is 5.75 Å². The van der Waals surface area contributed by atoms with Crippen molar-refractivity contribution in [2.75, 3.05) is 25.5 Å². The van der Waals surface area contributed by atoms with Crippen molar-refractivity contribution in [2.45, 2.75) is 37.8 Å². The third-order valence-corrected chi connectivity index (χ3v) is 4.90. The van der Waals surface area contributed by atoms with Crippen LogP contribution in [0.4, 0.5) is 14.9 Å².